The van der Waals surface area contributed by atoms with Crippen molar-refractivity contribution in [2.24, 2.45) is 5.73 Å². The fourth-order valence-electron chi connectivity index (χ4n) is 3.54. The Kier molecular flexibility index (Phi) is 8.87. The molecular formula is C23H29FN4O2S. The Hall–Kier alpha value is -2.42. The molecule has 1 aliphatic heterocycles. The van der Waals surface area contributed by atoms with Gasteiger partial charge < -0.3 is 21.7 Å². The molecule has 0 unspecified atom stereocenters. The lowest BCUT2D eigenvalue weighted by Crippen LogP contribution is -2.46. The topological polar surface area (TPSA) is 96.2 Å². The van der Waals surface area contributed by atoms with E-state index in [9.17, 15) is 14.0 Å². The minimum atomic E-state index is -0.349. The third kappa shape index (κ3) is 7.65. The first kappa shape index (κ1) is 23.2. The summed E-state index contributed by atoms with van der Waals surface area (Å²) >= 11 is 1.60. The maximum atomic E-state index is 13.2. The third-order valence-electron chi connectivity index (χ3n) is 5.23. The summed E-state index contributed by atoms with van der Waals surface area (Å²) in [5.74, 6) is 0.137. The molecule has 8 heteroatoms. The van der Waals surface area contributed by atoms with Crippen molar-refractivity contribution in [3.63, 3.8) is 0 Å². The van der Waals surface area contributed by atoms with Gasteiger partial charge in [0.05, 0.1) is 12.6 Å². The normalized spacial score (nSPS) is 19.0. The summed E-state index contributed by atoms with van der Waals surface area (Å²) in [7, 11) is 0. The molecule has 31 heavy (non-hydrogen) atoms. The fraction of sp³-hybridized carbons (Fsp3) is 0.391. The standard InChI is InChI=1S/C23H29FN4O2S/c24-17-7-10-20(11-8-17)31-15-18(9-6-16-4-2-1-3-5-16)28-23(30)21-12-19(14-26-21)27-22(29)13-25/h1-5,7-8,10-11,18-19,21,26H,6,9,12-15,25H2,(H,27,29)(H,28,30)/t18-,19-,21+/m1/s1. The van der Waals surface area contributed by atoms with Crippen molar-refractivity contribution in [3.05, 3.63) is 66.0 Å². The van der Waals surface area contributed by atoms with Crippen molar-refractivity contribution < 1.29 is 14.0 Å². The summed E-state index contributed by atoms with van der Waals surface area (Å²) in [6.45, 7) is 0.484. The van der Waals surface area contributed by atoms with Gasteiger partial charge in [-0.2, -0.15) is 0 Å². The second kappa shape index (κ2) is 11.8. The number of thioether (sulfide) groups is 1. The zero-order valence-electron chi connectivity index (χ0n) is 17.4. The Morgan fingerprint density at radius 1 is 1.16 bits per heavy atom. The quantitative estimate of drug-likeness (QED) is 0.420. The van der Waals surface area contributed by atoms with E-state index in [0.717, 1.165) is 17.7 Å². The van der Waals surface area contributed by atoms with Gasteiger partial charge in [0.15, 0.2) is 0 Å². The van der Waals surface area contributed by atoms with Gasteiger partial charge in [0.2, 0.25) is 11.8 Å². The number of rotatable bonds is 10. The van der Waals surface area contributed by atoms with Gasteiger partial charge in [-0.1, -0.05) is 30.3 Å². The Morgan fingerprint density at radius 3 is 2.61 bits per heavy atom. The van der Waals surface area contributed by atoms with Crippen LogP contribution in [0.2, 0.25) is 0 Å². The SMILES string of the molecule is NCC(=O)N[C@H]1CN[C@H](C(=O)N[C@H](CCc2ccccc2)CSc2ccc(F)cc2)C1. The molecule has 1 fully saturated rings. The van der Waals surface area contributed by atoms with Crippen LogP contribution in [0, 0.1) is 5.82 Å². The van der Waals surface area contributed by atoms with Crippen LogP contribution in [0.3, 0.4) is 0 Å². The van der Waals surface area contributed by atoms with Crippen molar-refractivity contribution in [2.45, 2.75) is 42.3 Å². The summed E-state index contributed by atoms with van der Waals surface area (Å²) in [6.07, 6.45) is 2.18. The summed E-state index contributed by atoms with van der Waals surface area (Å²) in [4.78, 5) is 25.3. The lowest BCUT2D eigenvalue weighted by molar-refractivity contribution is -0.124. The largest absolute Gasteiger partial charge is 0.351 e. The van der Waals surface area contributed by atoms with Crippen LogP contribution in [-0.4, -0.2) is 48.8 Å². The highest BCUT2D eigenvalue weighted by molar-refractivity contribution is 7.99. The molecule has 0 aliphatic carbocycles. The van der Waals surface area contributed by atoms with E-state index in [-0.39, 0.29) is 42.3 Å². The highest BCUT2D eigenvalue weighted by atomic mass is 32.2. The van der Waals surface area contributed by atoms with Crippen LogP contribution in [-0.2, 0) is 16.0 Å². The highest BCUT2D eigenvalue weighted by Crippen LogP contribution is 2.21. The zero-order valence-corrected chi connectivity index (χ0v) is 18.2. The minimum Gasteiger partial charge on any atom is -0.351 e. The molecule has 0 saturated carbocycles. The van der Waals surface area contributed by atoms with Crippen LogP contribution in [0.4, 0.5) is 4.39 Å². The number of halogens is 1. The predicted molar refractivity (Wildman–Crippen MR) is 121 cm³/mol. The van der Waals surface area contributed by atoms with Gasteiger partial charge in [-0.15, -0.1) is 11.8 Å². The number of hydrogen-bond acceptors (Lipinski definition) is 5. The van der Waals surface area contributed by atoms with Crippen molar-refractivity contribution in [3.8, 4) is 0 Å². The second-order valence-corrected chi connectivity index (χ2v) is 8.75. The molecule has 0 spiro atoms. The molecule has 0 radical (unpaired) electrons. The predicted octanol–water partition coefficient (Wildman–Crippen LogP) is 1.84. The number of amides is 2. The van der Waals surface area contributed by atoms with E-state index in [1.807, 2.05) is 18.2 Å². The minimum absolute atomic E-state index is 0.0396. The Bertz CT molecular complexity index is 850. The summed E-state index contributed by atoms with van der Waals surface area (Å²) < 4.78 is 13.2. The van der Waals surface area contributed by atoms with Crippen molar-refractivity contribution in [1.82, 2.24) is 16.0 Å². The van der Waals surface area contributed by atoms with E-state index < -0.39 is 0 Å². The van der Waals surface area contributed by atoms with E-state index in [2.05, 4.69) is 28.1 Å². The molecule has 3 rings (SSSR count). The van der Waals surface area contributed by atoms with E-state index in [0.29, 0.717) is 18.7 Å². The molecule has 2 aromatic carbocycles. The molecule has 1 heterocycles. The molecule has 2 aromatic rings. The number of nitrogens with two attached hydrogens (primary N) is 1. The van der Waals surface area contributed by atoms with Crippen molar-refractivity contribution >= 4 is 23.6 Å². The van der Waals surface area contributed by atoms with Gasteiger partial charge >= 0.3 is 0 Å². The molecular weight excluding hydrogens is 415 g/mol. The summed E-state index contributed by atoms with van der Waals surface area (Å²) in [5.41, 5.74) is 6.57. The zero-order chi connectivity index (χ0) is 22.1. The summed E-state index contributed by atoms with van der Waals surface area (Å²) in [5, 5.41) is 9.17. The average Bonchev–Trinajstić information content (AvgIpc) is 3.26. The highest BCUT2D eigenvalue weighted by Gasteiger charge is 2.31. The number of aryl methyl sites for hydroxylation is 1. The monoisotopic (exact) mass is 444 g/mol. The maximum Gasteiger partial charge on any atom is 0.237 e. The molecule has 0 bridgehead atoms. The fourth-order valence-corrected chi connectivity index (χ4v) is 4.52. The Labute approximate surface area is 186 Å². The molecule has 5 N–H and O–H groups in total. The molecule has 1 aliphatic rings. The van der Waals surface area contributed by atoms with Gasteiger partial charge in [0, 0.05) is 29.3 Å². The number of hydrogen-bond donors (Lipinski definition) is 4. The first-order valence-corrected chi connectivity index (χ1v) is 11.5. The van der Waals surface area contributed by atoms with E-state index in [4.69, 9.17) is 5.73 Å². The third-order valence-corrected chi connectivity index (χ3v) is 6.41. The molecule has 166 valence electrons. The van der Waals surface area contributed by atoms with Gasteiger partial charge in [-0.05, 0) is 49.1 Å². The van der Waals surface area contributed by atoms with Crippen LogP contribution in [0.25, 0.3) is 0 Å². The van der Waals surface area contributed by atoms with Crippen LogP contribution in [0.1, 0.15) is 18.4 Å². The Balaban J connectivity index is 1.56. The van der Waals surface area contributed by atoms with Crippen LogP contribution in [0.15, 0.2) is 59.5 Å². The number of carbonyl (C=O) groups excluding carboxylic acids is 2. The molecule has 3 atom stereocenters. The van der Waals surface area contributed by atoms with Crippen LogP contribution >= 0.6 is 11.8 Å². The average molecular weight is 445 g/mol. The number of carbonyl (C=O) groups is 2. The molecule has 1 saturated heterocycles. The van der Waals surface area contributed by atoms with Crippen molar-refractivity contribution in [2.75, 3.05) is 18.8 Å². The first-order chi connectivity index (χ1) is 15.0. The molecule has 2 amide bonds. The van der Waals surface area contributed by atoms with E-state index >= 15 is 0 Å². The maximum absolute atomic E-state index is 13.2. The second-order valence-electron chi connectivity index (χ2n) is 7.66. The lowest BCUT2D eigenvalue weighted by Gasteiger charge is -2.21. The van der Waals surface area contributed by atoms with Gasteiger partial charge in [0.1, 0.15) is 5.82 Å². The van der Waals surface area contributed by atoms with E-state index in [1.165, 1.54) is 17.7 Å². The number of nitrogens with one attached hydrogen (secondary N) is 3. The lowest BCUT2D eigenvalue weighted by atomic mass is 10.1. The van der Waals surface area contributed by atoms with Crippen LogP contribution in [0.5, 0.6) is 0 Å². The summed E-state index contributed by atoms with van der Waals surface area (Å²) in [6, 6.07) is 16.1. The van der Waals surface area contributed by atoms with Gasteiger partial charge in [-0.25, -0.2) is 4.39 Å². The molecule has 6 nitrogen and oxygen atoms in total. The molecule has 0 aromatic heterocycles. The smallest absolute Gasteiger partial charge is 0.237 e. The van der Waals surface area contributed by atoms with Gasteiger partial charge in [-0.3, -0.25) is 9.59 Å². The Morgan fingerprint density at radius 2 is 1.90 bits per heavy atom. The van der Waals surface area contributed by atoms with Crippen LogP contribution < -0.4 is 21.7 Å². The van der Waals surface area contributed by atoms with Gasteiger partial charge in [0.25, 0.3) is 0 Å². The number of benzene rings is 2. The first-order valence-electron chi connectivity index (χ1n) is 10.5. The van der Waals surface area contributed by atoms with Crippen molar-refractivity contribution in [1.29, 1.82) is 0 Å². The van der Waals surface area contributed by atoms with E-state index in [1.54, 1.807) is 23.9 Å².